The molecule has 0 saturated heterocycles. The number of nitrogens with one attached hydrogen (secondary N) is 2. The Balaban J connectivity index is 0.00000420. The lowest BCUT2D eigenvalue weighted by Crippen LogP contribution is -2.45. The first-order valence-electron chi connectivity index (χ1n) is 10.3. The van der Waals surface area contributed by atoms with Gasteiger partial charge in [-0.05, 0) is 51.8 Å². The molecule has 1 aromatic carbocycles. The molecule has 2 N–H and O–H groups in total. The molecule has 0 saturated carbocycles. The van der Waals surface area contributed by atoms with Crippen molar-refractivity contribution in [3.05, 3.63) is 53.9 Å². The van der Waals surface area contributed by atoms with Crippen molar-refractivity contribution in [2.75, 3.05) is 19.6 Å². The molecule has 0 atom stereocenters. The van der Waals surface area contributed by atoms with E-state index < -0.39 is 0 Å². The summed E-state index contributed by atoms with van der Waals surface area (Å²) in [5, 5.41) is 11.1. The third-order valence-electron chi connectivity index (χ3n) is 4.75. The van der Waals surface area contributed by atoms with Crippen LogP contribution in [0.2, 0.25) is 0 Å². The second-order valence-electron chi connectivity index (χ2n) is 7.52. The molecular weight excluding hydrogens is 475 g/mol. The van der Waals surface area contributed by atoms with Crippen LogP contribution in [0.25, 0.3) is 0 Å². The molecule has 0 unspecified atom stereocenters. The van der Waals surface area contributed by atoms with E-state index in [1.165, 1.54) is 11.1 Å². The Hall–Kier alpha value is -1.61. The van der Waals surface area contributed by atoms with Crippen molar-refractivity contribution in [2.24, 2.45) is 4.99 Å². The lowest BCUT2D eigenvalue weighted by atomic mass is 10.1. The van der Waals surface area contributed by atoms with E-state index in [0.717, 1.165) is 32.1 Å². The van der Waals surface area contributed by atoms with E-state index in [9.17, 15) is 0 Å². The summed E-state index contributed by atoms with van der Waals surface area (Å²) in [4.78, 5) is 7.29. The molecule has 0 aliphatic rings. The number of benzene rings is 1. The molecule has 29 heavy (non-hydrogen) atoms. The van der Waals surface area contributed by atoms with Crippen molar-refractivity contribution in [1.82, 2.24) is 25.3 Å². The van der Waals surface area contributed by atoms with Gasteiger partial charge in [-0.3, -0.25) is 9.58 Å². The smallest absolute Gasteiger partial charge is 0.191 e. The van der Waals surface area contributed by atoms with Crippen LogP contribution in [0.4, 0.5) is 0 Å². The Morgan fingerprint density at radius 2 is 1.76 bits per heavy atom. The highest BCUT2D eigenvalue weighted by Gasteiger charge is 2.12. The zero-order chi connectivity index (χ0) is 20.4. The minimum atomic E-state index is 0. The standard InChI is InChI=1S/C22H36N6.HI/c1-6-23-22(24-13-15-28(18(2)3)19(4)5)25-16-20-10-7-8-11-21(20)17-27-14-9-12-26-27;/h7-12,14,18-19H,6,13,15-17H2,1-5H3,(H2,23,24,25);1H. The number of halogens is 1. The van der Waals surface area contributed by atoms with Gasteiger partial charge in [0.25, 0.3) is 0 Å². The summed E-state index contributed by atoms with van der Waals surface area (Å²) in [6, 6.07) is 11.5. The molecule has 2 aromatic rings. The summed E-state index contributed by atoms with van der Waals surface area (Å²) in [6.45, 7) is 15.2. The van der Waals surface area contributed by atoms with Gasteiger partial charge >= 0.3 is 0 Å². The summed E-state index contributed by atoms with van der Waals surface area (Å²) in [5.41, 5.74) is 2.47. The maximum Gasteiger partial charge on any atom is 0.191 e. The number of hydrogen-bond donors (Lipinski definition) is 2. The molecule has 0 radical (unpaired) electrons. The van der Waals surface area contributed by atoms with Gasteiger partial charge in [0.15, 0.2) is 5.96 Å². The molecule has 0 spiro atoms. The highest BCUT2D eigenvalue weighted by molar-refractivity contribution is 14.0. The molecule has 1 heterocycles. The van der Waals surface area contributed by atoms with Crippen molar-refractivity contribution < 1.29 is 0 Å². The van der Waals surface area contributed by atoms with E-state index in [0.29, 0.717) is 18.6 Å². The van der Waals surface area contributed by atoms with Crippen LogP contribution in [0.5, 0.6) is 0 Å². The van der Waals surface area contributed by atoms with Gasteiger partial charge in [0.05, 0.1) is 13.1 Å². The van der Waals surface area contributed by atoms with Crippen LogP contribution < -0.4 is 10.6 Å². The Morgan fingerprint density at radius 3 is 2.34 bits per heavy atom. The second-order valence-corrected chi connectivity index (χ2v) is 7.52. The third-order valence-corrected chi connectivity index (χ3v) is 4.75. The lowest BCUT2D eigenvalue weighted by Gasteiger charge is -2.30. The highest BCUT2D eigenvalue weighted by Crippen LogP contribution is 2.11. The van der Waals surface area contributed by atoms with E-state index in [1.54, 1.807) is 0 Å². The average Bonchev–Trinajstić information content (AvgIpc) is 3.16. The summed E-state index contributed by atoms with van der Waals surface area (Å²) in [5.74, 6) is 0.865. The molecule has 0 amide bonds. The molecule has 7 heteroatoms. The van der Waals surface area contributed by atoms with Crippen molar-refractivity contribution in [3.63, 3.8) is 0 Å². The summed E-state index contributed by atoms with van der Waals surface area (Å²) in [7, 11) is 0. The summed E-state index contributed by atoms with van der Waals surface area (Å²) < 4.78 is 1.94. The maximum atomic E-state index is 4.81. The number of aliphatic imine (C=N–C) groups is 1. The highest BCUT2D eigenvalue weighted by atomic mass is 127. The number of nitrogens with zero attached hydrogens (tertiary/aromatic N) is 4. The fourth-order valence-corrected chi connectivity index (χ4v) is 3.36. The minimum absolute atomic E-state index is 0. The van der Waals surface area contributed by atoms with Crippen LogP contribution in [0.15, 0.2) is 47.7 Å². The van der Waals surface area contributed by atoms with Gasteiger partial charge in [-0.15, -0.1) is 24.0 Å². The van der Waals surface area contributed by atoms with Crippen LogP contribution in [0, 0.1) is 0 Å². The number of aromatic nitrogens is 2. The molecule has 0 aliphatic heterocycles. The monoisotopic (exact) mass is 512 g/mol. The quantitative estimate of drug-likeness (QED) is 0.290. The minimum Gasteiger partial charge on any atom is -0.357 e. The van der Waals surface area contributed by atoms with Crippen molar-refractivity contribution in [3.8, 4) is 0 Å². The number of rotatable bonds is 10. The molecule has 1 aromatic heterocycles. The van der Waals surface area contributed by atoms with Gasteiger partial charge in [0.1, 0.15) is 0 Å². The predicted octanol–water partition coefficient (Wildman–Crippen LogP) is 3.72. The van der Waals surface area contributed by atoms with Crippen LogP contribution in [-0.2, 0) is 13.1 Å². The van der Waals surface area contributed by atoms with Gasteiger partial charge < -0.3 is 10.6 Å². The number of guanidine groups is 1. The molecule has 6 nitrogen and oxygen atoms in total. The number of hydrogen-bond acceptors (Lipinski definition) is 3. The van der Waals surface area contributed by atoms with Gasteiger partial charge in [-0.2, -0.15) is 5.10 Å². The van der Waals surface area contributed by atoms with Crippen molar-refractivity contribution in [2.45, 2.75) is 59.8 Å². The first-order chi connectivity index (χ1) is 13.5. The fourth-order valence-electron chi connectivity index (χ4n) is 3.36. The van der Waals surface area contributed by atoms with E-state index in [1.807, 2.05) is 23.1 Å². The Morgan fingerprint density at radius 1 is 1.07 bits per heavy atom. The molecule has 0 aliphatic carbocycles. The largest absolute Gasteiger partial charge is 0.357 e. The molecule has 162 valence electrons. The maximum absolute atomic E-state index is 4.81. The second kappa shape index (κ2) is 13.6. The van der Waals surface area contributed by atoms with E-state index in [4.69, 9.17) is 4.99 Å². The SMILES string of the molecule is CCNC(=NCc1ccccc1Cn1cccn1)NCCN(C(C)C)C(C)C.I. The van der Waals surface area contributed by atoms with Crippen LogP contribution in [0.3, 0.4) is 0 Å². The summed E-state index contributed by atoms with van der Waals surface area (Å²) in [6.07, 6.45) is 3.80. The zero-order valence-electron chi connectivity index (χ0n) is 18.4. The van der Waals surface area contributed by atoms with Gasteiger partial charge in [-0.25, -0.2) is 4.99 Å². The lowest BCUT2D eigenvalue weighted by molar-refractivity contribution is 0.178. The van der Waals surface area contributed by atoms with Gasteiger partial charge in [0.2, 0.25) is 0 Å². The summed E-state index contributed by atoms with van der Waals surface area (Å²) >= 11 is 0. The fraction of sp³-hybridized carbons (Fsp3) is 0.545. The first kappa shape index (κ1) is 25.4. The van der Waals surface area contributed by atoms with E-state index in [-0.39, 0.29) is 24.0 Å². The normalized spacial score (nSPS) is 11.8. The predicted molar refractivity (Wildman–Crippen MR) is 133 cm³/mol. The third kappa shape index (κ3) is 8.74. The van der Waals surface area contributed by atoms with Crippen LogP contribution in [0.1, 0.15) is 45.7 Å². The van der Waals surface area contributed by atoms with Crippen molar-refractivity contribution in [1.29, 1.82) is 0 Å². The molecule has 0 fully saturated rings. The molecule has 0 bridgehead atoms. The van der Waals surface area contributed by atoms with E-state index in [2.05, 4.69) is 79.5 Å². The van der Waals surface area contributed by atoms with Crippen molar-refractivity contribution >= 4 is 29.9 Å². The molecular formula is C22H37IN6. The van der Waals surface area contributed by atoms with Crippen LogP contribution >= 0.6 is 24.0 Å². The van der Waals surface area contributed by atoms with Gasteiger partial charge in [0, 0.05) is 44.1 Å². The Labute approximate surface area is 193 Å². The van der Waals surface area contributed by atoms with Gasteiger partial charge in [-0.1, -0.05) is 24.3 Å². The van der Waals surface area contributed by atoms with Crippen LogP contribution in [-0.4, -0.2) is 52.4 Å². The average molecular weight is 512 g/mol. The zero-order valence-corrected chi connectivity index (χ0v) is 20.8. The van der Waals surface area contributed by atoms with E-state index >= 15 is 0 Å². The molecule has 2 rings (SSSR count). The topological polar surface area (TPSA) is 57.5 Å². The first-order valence-corrected chi connectivity index (χ1v) is 10.3. The Bertz CT molecular complexity index is 704. The Kier molecular flexibility index (Phi) is 11.9.